The van der Waals surface area contributed by atoms with Crippen molar-refractivity contribution in [1.82, 2.24) is 9.13 Å². The van der Waals surface area contributed by atoms with Crippen LogP contribution in [0.3, 0.4) is 0 Å². The Hall–Kier alpha value is -4.54. The first-order valence-corrected chi connectivity index (χ1v) is 15.5. The molecule has 0 N–H and O–H groups in total. The highest BCUT2D eigenvalue weighted by atomic mass is 35.6. The van der Waals surface area contributed by atoms with E-state index in [9.17, 15) is 4.79 Å². The third kappa shape index (κ3) is 5.03. The monoisotopic (exact) mass is 630 g/mol. The van der Waals surface area contributed by atoms with Crippen molar-refractivity contribution in [2.75, 3.05) is 0 Å². The summed E-state index contributed by atoms with van der Waals surface area (Å²) in [5.41, 5.74) is 8.05. The SMILES string of the molecule is ClC(Cl)Cl.O=C(c1ccc(-n2c3ccccc3c3ccccc32)cc1)c1ccc(-n2c3ccccc3c3ccccc32)cc1. The van der Waals surface area contributed by atoms with Crippen molar-refractivity contribution in [2.45, 2.75) is 4.30 Å². The Morgan fingerprint density at radius 3 is 0.932 bits per heavy atom. The van der Waals surface area contributed by atoms with Crippen molar-refractivity contribution in [3.63, 3.8) is 0 Å². The quantitative estimate of drug-likeness (QED) is 0.140. The predicted molar refractivity (Wildman–Crippen MR) is 186 cm³/mol. The topological polar surface area (TPSA) is 26.9 Å². The van der Waals surface area contributed by atoms with Gasteiger partial charge in [-0.25, -0.2) is 0 Å². The Morgan fingerprint density at radius 1 is 0.409 bits per heavy atom. The average Bonchev–Trinajstić information content (AvgIpc) is 3.58. The molecule has 0 radical (unpaired) electrons. The zero-order valence-electron chi connectivity index (χ0n) is 23.4. The number of benzene rings is 6. The number of carbonyl (C=O) groups excluding carboxylic acids is 1. The van der Waals surface area contributed by atoms with Crippen LogP contribution in [0.4, 0.5) is 0 Å². The molecule has 0 amide bonds. The summed E-state index contributed by atoms with van der Waals surface area (Å²) >= 11 is 14.4. The van der Waals surface area contributed by atoms with Gasteiger partial charge in [0.15, 0.2) is 10.1 Å². The van der Waals surface area contributed by atoms with Crippen LogP contribution in [0.15, 0.2) is 146 Å². The molecule has 2 heterocycles. The minimum atomic E-state index is -0.750. The number of rotatable bonds is 4. The van der Waals surface area contributed by atoms with Crippen LogP contribution < -0.4 is 0 Å². The van der Waals surface area contributed by atoms with Crippen molar-refractivity contribution < 1.29 is 4.79 Å². The van der Waals surface area contributed by atoms with Crippen LogP contribution in [0.5, 0.6) is 0 Å². The van der Waals surface area contributed by atoms with Gasteiger partial charge in [0.2, 0.25) is 0 Å². The third-order valence-electron chi connectivity index (χ3n) is 7.94. The maximum Gasteiger partial charge on any atom is 0.193 e. The van der Waals surface area contributed by atoms with E-state index in [2.05, 4.69) is 106 Å². The van der Waals surface area contributed by atoms with Gasteiger partial charge >= 0.3 is 0 Å². The second kappa shape index (κ2) is 11.9. The molecule has 0 aliphatic heterocycles. The standard InChI is InChI=1S/C37H24N2O.CHCl3/c40-37(25-17-21-27(22-18-25)38-33-13-5-1-9-29(33)30-10-2-6-14-34(30)38)26-19-23-28(24-20-26)39-35-15-7-3-11-31(35)32-12-4-8-16-36(32)39;2-1(3)4/h1-24H;1H. The van der Waals surface area contributed by atoms with E-state index in [1.165, 1.54) is 21.5 Å². The van der Waals surface area contributed by atoms with Crippen LogP contribution >= 0.6 is 34.8 Å². The highest BCUT2D eigenvalue weighted by Gasteiger charge is 2.15. The molecule has 0 spiro atoms. The van der Waals surface area contributed by atoms with Crippen LogP contribution in [-0.2, 0) is 0 Å². The van der Waals surface area contributed by atoms with Crippen LogP contribution in [-0.4, -0.2) is 19.2 Å². The lowest BCUT2D eigenvalue weighted by molar-refractivity contribution is 0.103. The smallest absolute Gasteiger partial charge is 0.193 e. The van der Waals surface area contributed by atoms with E-state index in [0.29, 0.717) is 11.1 Å². The second-order valence-corrected chi connectivity index (χ2v) is 12.4. The molecule has 214 valence electrons. The summed E-state index contributed by atoms with van der Waals surface area (Å²) in [6, 6.07) is 49.7. The van der Waals surface area contributed by atoms with Gasteiger partial charge in [-0.05, 0) is 72.8 Å². The molecule has 6 aromatic carbocycles. The molecule has 0 unspecified atom stereocenters. The van der Waals surface area contributed by atoms with Gasteiger partial charge in [-0.15, -0.1) is 0 Å². The molecule has 3 nitrogen and oxygen atoms in total. The lowest BCUT2D eigenvalue weighted by atomic mass is 10.0. The number of hydrogen-bond acceptors (Lipinski definition) is 1. The molecular weight excluding hydrogens is 607 g/mol. The molecular formula is C38H25Cl3N2O. The van der Waals surface area contributed by atoms with E-state index in [4.69, 9.17) is 34.8 Å². The van der Waals surface area contributed by atoms with Crippen molar-refractivity contribution in [3.05, 3.63) is 157 Å². The van der Waals surface area contributed by atoms with Crippen LogP contribution in [0.2, 0.25) is 0 Å². The Labute approximate surface area is 269 Å². The predicted octanol–water partition coefficient (Wildman–Crippen LogP) is 11.1. The number of para-hydroxylation sites is 4. The van der Waals surface area contributed by atoms with Crippen molar-refractivity contribution in [1.29, 1.82) is 0 Å². The lowest BCUT2D eigenvalue weighted by Gasteiger charge is -2.10. The summed E-state index contributed by atoms with van der Waals surface area (Å²) in [7, 11) is 0. The largest absolute Gasteiger partial charge is 0.309 e. The zero-order chi connectivity index (χ0) is 30.2. The molecule has 0 atom stereocenters. The Kier molecular flexibility index (Phi) is 7.61. The van der Waals surface area contributed by atoms with E-state index in [0.717, 1.165) is 33.4 Å². The summed E-state index contributed by atoms with van der Waals surface area (Å²) in [5.74, 6) is 0.0162. The average molecular weight is 632 g/mol. The number of ketones is 1. The number of halogens is 3. The summed E-state index contributed by atoms with van der Waals surface area (Å²) < 4.78 is 3.78. The second-order valence-electron chi connectivity index (χ2n) is 10.4. The molecule has 8 aromatic rings. The first-order chi connectivity index (χ1) is 21.5. The molecule has 6 heteroatoms. The van der Waals surface area contributed by atoms with Gasteiger partial charge in [0, 0.05) is 44.0 Å². The molecule has 0 bridgehead atoms. The Bertz CT molecular complexity index is 2010. The molecule has 0 aliphatic rings. The van der Waals surface area contributed by atoms with Gasteiger partial charge < -0.3 is 9.13 Å². The van der Waals surface area contributed by atoms with E-state index < -0.39 is 4.30 Å². The summed E-state index contributed by atoms with van der Waals surface area (Å²) in [4.78, 5) is 13.5. The summed E-state index contributed by atoms with van der Waals surface area (Å²) in [6.45, 7) is 0. The maximum absolute atomic E-state index is 13.5. The van der Waals surface area contributed by atoms with Gasteiger partial charge in [-0.1, -0.05) is 108 Å². The van der Waals surface area contributed by atoms with Gasteiger partial charge in [0.05, 0.1) is 22.1 Å². The first-order valence-electron chi connectivity index (χ1n) is 14.2. The van der Waals surface area contributed by atoms with E-state index in [1.807, 2.05) is 48.5 Å². The molecule has 8 rings (SSSR count). The number of alkyl halides is 3. The van der Waals surface area contributed by atoms with Crippen molar-refractivity contribution in [3.8, 4) is 11.4 Å². The van der Waals surface area contributed by atoms with Crippen LogP contribution in [0, 0.1) is 0 Å². The number of aromatic nitrogens is 2. The summed E-state index contributed by atoms with van der Waals surface area (Å²) in [5, 5.41) is 4.89. The lowest BCUT2D eigenvalue weighted by Crippen LogP contribution is -2.03. The molecule has 0 fully saturated rings. The molecule has 0 saturated heterocycles. The molecule has 0 saturated carbocycles. The van der Waals surface area contributed by atoms with Gasteiger partial charge in [0.1, 0.15) is 0 Å². The van der Waals surface area contributed by atoms with Crippen molar-refractivity contribution in [2.24, 2.45) is 0 Å². The molecule has 2 aromatic heterocycles. The fourth-order valence-electron chi connectivity index (χ4n) is 6.09. The normalized spacial score (nSPS) is 11.4. The number of hydrogen-bond donors (Lipinski definition) is 0. The van der Waals surface area contributed by atoms with E-state index in [-0.39, 0.29) is 5.78 Å². The van der Waals surface area contributed by atoms with Gasteiger partial charge in [-0.2, -0.15) is 0 Å². The number of nitrogens with zero attached hydrogens (tertiary/aromatic N) is 2. The Balaban J connectivity index is 0.000000739. The van der Waals surface area contributed by atoms with Gasteiger partial charge in [0.25, 0.3) is 0 Å². The van der Waals surface area contributed by atoms with E-state index >= 15 is 0 Å². The fraction of sp³-hybridized carbons (Fsp3) is 0.0263. The minimum Gasteiger partial charge on any atom is -0.309 e. The molecule has 44 heavy (non-hydrogen) atoms. The number of fused-ring (bicyclic) bond motifs is 6. The number of carbonyl (C=O) groups is 1. The zero-order valence-corrected chi connectivity index (χ0v) is 25.6. The van der Waals surface area contributed by atoms with Crippen molar-refractivity contribution >= 4 is 84.2 Å². The first kappa shape index (κ1) is 28.2. The maximum atomic E-state index is 13.5. The Morgan fingerprint density at radius 2 is 0.659 bits per heavy atom. The molecule has 0 aliphatic carbocycles. The fourth-order valence-corrected chi connectivity index (χ4v) is 6.09. The third-order valence-corrected chi connectivity index (χ3v) is 7.94. The van der Waals surface area contributed by atoms with Gasteiger partial charge in [-0.3, -0.25) is 4.79 Å². The summed E-state index contributed by atoms with van der Waals surface area (Å²) in [6.07, 6.45) is 0. The highest BCUT2D eigenvalue weighted by molar-refractivity contribution is 6.63. The minimum absolute atomic E-state index is 0.0162. The van der Waals surface area contributed by atoms with E-state index in [1.54, 1.807) is 0 Å². The van der Waals surface area contributed by atoms with Crippen LogP contribution in [0.1, 0.15) is 15.9 Å². The van der Waals surface area contributed by atoms with Crippen LogP contribution in [0.25, 0.3) is 55.0 Å². The highest BCUT2D eigenvalue weighted by Crippen LogP contribution is 2.33.